The van der Waals surface area contributed by atoms with Crippen molar-refractivity contribution >= 4 is 29.2 Å². The Bertz CT molecular complexity index is 631. The van der Waals surface area contributed by atoms with E-state index >= 15 is 0 Å². The number of rotatable bonds is 3. The second kappa shape index (κ2) is 5.95. The first-order valence-electron chi connectivity index (χ1n) is 5.48. The smallest absolute Gasteiger partial charge is 0.170 e. The molecule has 1 heterocycles. The molecule has 0 radical (unpaired) electrons. The number of oxime groups is 1. The van der Waals surface area contributed by atoms with E-state index in [4.69, 9.17) is 22.5 Å². The first-order valence-corrected chi connectivity index (χ1v) is 6.68. The van der Waals surface area contributed by atoms with Crippen LogP contribution in [0.2, 0.25) is 5.02 Å². The van der Waals surface area contributed by atoms with Crippen LogP contribution in [0, 0.1) is 6.92 Å². The molecule has 4 nitrogen and oxygen atoms in total. The largest absolute Gasteiger partial charge is 0.409 e. The van der Waals surface area contributed by atoms with Crippen molar-refractivity contribution in [1.82, 2.24) is 4.98 Å². The van der Waals surface area contributed by atoms with Gasteiger partial charge in [0.1, 0.15) is 5.03 Å². The molecule has 0 bridgehead atoms. The molecule has 0 aliphatic heterocycles. The lowest BCUT2D eigenvalue weighted by molar-refractivity contribution is 0.318. The molecule has 98 valence electrons. The standard InChI is InChI=1S/C13H12ClN3OS/c1-8-7-9(4-5-10(8)12(15)17-18)19-13-11(14)3-2-6-16-13/h2-7,18H,1H3,(H2,15,17). The Kier molecular flexibility index (Phi) is 4.29. The van der Waals surface area contributed by atoms with E-state index in [1.54, 1.807) is 18.3 Å². The Morgan fingerprint density at radius 2 is 2.21 bits per heavy atom. The SMILES string of the molecule is Cc1cc(Sc2ncccc2Cl)ccc1/C(N)=N/O. The quantitative estimate of drug-likeness (QED) is 0.394. The molecule has 0 aliphatic rings. The maximum Gasteiger partial charge on any atom is 0.170 e. The molecule has 0 atom stereocenters. The van der Waals surface area contributed by atoms with E-state index in [2.05, 4.69) is 10.1 Å². The van der Waals surface area contributed by atoms with Crippen LogP contribution in [0.15, 0.2) is 51.6 Å². The number of pyridine rings is 1. The fourth-order valence-corrected chi connectivity index (χ4v) is 2.71. The normalized spacial score (nSPS) is 11.6. The monoisotopic (exact) mass is 293 g/mol. The predicted octanol–water partition coefficient (Wildman–Crippen LogP) is 3.29. The summed E-state index contributed by atoms with van der Waals surface area (Å²) in [6.45, 7) is 1.90. The summed E-state index contributed by atoms with van der Waals surface area (Å²) in [5.41, 5.74) is 7.21. The van der Waals surface area contributed by atoms with Crippen LogP contribution in [0.25, 0.3) is 0 Å². The third-order valence-electron chi connectivity index (χ3n) is 2.52. The molecule has 1 aromatic heterocycles. The molecule has 0 saturated heterocycles. The van der Waals surface area contributed by atoms with Crippen molar-refractivity contribution < 1.29 is 5.21 Å². The maximum absolute atomic E-state index is 8.68. The second-order valence-electron chi connectivity index (χ2n) is 3.85. The summed E-state index contributed by atoms with van der Waals surface area (Å²) in [6, 6.07) is 9.23. The first-order chi connectivity index (χ1) is 9.11. The number of hydrogen-bond donors (Lipinski definition) is 2. The van der Waals surface area contributed by atoms with E-state index in [0.717, 1.165) is 15.5 Å². The minimum absolute atomic E-state index is 0.102. The van der Waals surface area contributed by atoms with Gasteiger partial charge in [-0.2, -0.15) is 0 Å². The van der Waals surface area contributed by atoms with Gasteiger partial charge < -0.3 is 10.9 Å². The molecule has 0 amide bonds. The molecular formula is C13H12ClN3OS. The second-order valence-corrected chi connectivity index (χ2v) is 5.32. The van der Waals surface area contributed by atoms with Crippen molar-refractivity contribution in [2.45, 2.75) is 16.8 Å². The van der Waals surface area contributed by atoms with E-state index in [1.165, 1.54) is 11.8 Å². The molecule has 2 rings (SSSR count). The molecule has 6 heteroatoms. The average Bonchev–Trinajstić information content (AvgIpc) is 2.41. The van der Waals surface area contributed by atoms with Crippen molar-refractivity contribution in [1.29, 1.82) is 0 Å². The zero-order valence-electron chi connectivity index (χ0n) is 10.2. The van der Waals surface area contributed by atoms with Crippen LogP contribution in [0.3, 0.4) is 0 Å². The number of nitrogens with zero attached hydrogens (tertiary/aromatic N) is 2. The van der Waals surface area contributed by atoms with Gasteiger partial charge in [-0.25, -0.2) is 4.98 Å². The number of amidine groups is 1. The minimum atomic E-state index is 0.102. The van der Waals surface area contributed by atoms with Crippen molar-refractivity contribution in [2.24, 2.45) is 10.9 Å². The van der Waals surface area contributed by atoms with E-state index in [-0.39, 0.29) is 5.84 Å². The van der Waals surface area contributed by atoms with Crippen LogP contribution < -0.4 is 5.73 Å². The summed E-state index contributed by atoms with van der Waals surface area (Å²) < 4.78 is 0. The highest BCUT2D eigenvalue weighted by atomic mass is 35.5. The summed E-state index contributed by atoms with van der Waals surface area (Å²) in [5, 5.41) is 13.1. The highest BCUT2D eigenvalue weighted by Crippen LogP contribution is 2.32. The van der Waals surface area contributed by atoms with Crippen molar-refractivity contribution in [3.05, 3.63) is 52.7 Å². The number of aromatic nitrogens is 1. The summed E-state index contributed by atoms with van der Waals surface area (Å²) in [5.74, 6) is 0.102. The van der Waals surface area contributed by atoms with Gasteiger partial charge >= 0.3 is 0 Å². The summed E-state index contributed by atoms with van der Waals surface area (Å²) in [4.78, 5) is 5.21. The van der Waals surface area contributed by atoms with Gasteiger partial charge in [0.05, 0.1) is 5.02 Å². The molecule has 0 aliphatic carbocycles. The third-order valence-corrected chi connectivity index (χ3v) is 3.95. The van der Waals surface area contributed by atoms with Gasteiger partial charge in [-0.05, 0) is 42.8 Å². The molecule has 19 heavy (non-hydrogen) atoms. The maximum atomic E-state index is 8.68. The molecule has 0 unspecified atom stereocenters. The van der Waals surface area contributed by atoms with Crippen LogP contribution >= 0.6 is 23.4 Å². The lowest BCUT2D eigenvalue weighted by Gasteiger charge is -2.07. The molecular weight excluding hydrogens is 282 g/mol. The van der Waals surface area contributed by atoms with E-state index in [9.17, 15) is 0 Å². The molecule has 2 aromatic rings. The fourth-order valence-electron chi connectivity index (χ4n) is 1.60. The lowest BCUT2D eigenvalue weighted by Crippen LogP contribution is -2.14. The van der Waals surface area contributed by atoms with Gasteiger partial charge in [0, 0.05) is 16.7 Å². The number of aryl methyl sites for hydroxylation is 1. The molecule has 3 N–H and O–H groups in total. The third kappa shape index (κ3) is 3.19. The predicted molar refractivity (Wildman–Crippen MR) is 77.1 cm³/mol. The van der Waals surface area contributed by atoms with E-state index in [1.807, 2.05) is 25.1 Å². The van der Waals surface area contributed by atoms with Crippen molar-refractivity contribution in [3.8, 4) is 0 Å². The summed E-state index contributed by atoms with van der Waals surface area (Å²) in [7, 11) is 0. The Morgan fingerprint density at radius 3 is 2.84 bits per heavy atom. The van der Waals surface area contributed by atoms with Crippen LogP contribution in [0.4, 0.5) is 0 Å². The molecule has 0 spiro atoms. The van der Waals surface area contributed by atoms with Crippen molar-refractivity contribution in [3.63, 3.8) is 0 Å². The Labute approximate surface area is 120 Å². The highest BCUT2D eigenvalue weighted by Gasteiger charge is 2.07. The molecule has 0 saturated carbocycles. The van der Waals surface area contributed by atoms with Crippen LogP contribution in [-0.4, -0.2) is 16.0 Å². The number of halogens is 1. The summed E-state index contributed by atoms with van der Waals surface area (Å²) in [6.07, 6.45) is 1.70. The zero-order valence-corrected chi connectivity index (χ0v) is 11.7. The Hall–Kier alpha value is -1.72. The number of hydrogen-bond acceptors (Lipinski definition) is 4. The van der Waals surface area contributed by atoms with Gasteiger partial charge in [0.25, 0.3) is 0 Å². The number of benzene rings is 1. The first kappa shape index (κ1) is 13.7. The van der Waals surface area contributed by atoms with Gasteiger partial charge in [-0.15, -0.1) is 0 Å². The molecule has 0 fully saturated rings. The lowest BCUT2D eigenvalue weighted by atomic mass is 10.1. The average molecular weight is 294 g/mol. The minimum Gasteiger partial charge on any atom is -0.409 e. The number of nitrogens with two attached hydrogens (primary N) is 1. The zero-order chi connectivity index (χ0) is 13.8. The Balaban J connectivity index is 2.29. The molecule has 1 aromatic carbocycles. The van der Waals surface area contributed by atoms with Crippen LogP contribution in [0.1, 0.15) is 11.1 Å². The van der Waals surface area contributed by atoms with Gasteiger partial charge in [-0.1, -0.05) is 28.5 Å². The highest BCUT2D eigenvalue weighted by molar-refractivity contribution is 7.99. The van der Waals surface area contributed by atoms with Gasteiger partial charge in [-0.3, -0.25) is 0 Å². The van der Waals surface area contributed by atoms with Crippen LogP contribution in [-0.2, 0) is 0 Å². The Morgan fingerprint density at radius 1 is 1.42 bits per heavy atom. The summed E-state index contributed by atoms with van der Waals surface area (Å²) >= 11 is 7.53. The van der Waals surface area contributed by atoms with E-state index < -0.39 is 0 Å². The van der Waals surface area contributed by atoms with Crippen LogP contribution in [0.5, 0.6) is 0 Å². The van der Waals surface area contributed by atoms with Gasteiger partial charge in [0.2, 0.25) is 0 Å². The van der Waals surface area contributed by atoms with E-state index in [0.29, 0.717) is 10.6 Å². The van der Waals surface area contributed by atoms with Gasteiger partial charge in [0.15, 0.2) is 5.84 Å². The fraction of sp³-hybridized carbons (Fsp3) is 0.0769. The topological polar surface area (TPSA) is 71.5 Å². The van der Waals surface area contributed by atoms with Crippen molar-refractivity contribution in [2.75, 3.05) is 0 Å².